The highest BCUT2D eigenvalue weighted by Crippen LogP contribution is 2.36. The summed E-state index contributed by atoms with van der Waals surface area (Å²) >= 11 is 11.6. The lowest BCUT2D eigenvalue weighted by Gasteiger charge is -2.37. The summed E-state index contributed by atoms with van der Waals surface area (Å²) in [4.78, 5) is 14.4. The van der Waals surface area contributed by atoms with Crippen molar-refractivity contribution < 1.29 is 14.3 Å². The number of allylic oxidation sites excluding steroid dienone is 1. The van der Waals surface area contributed by atoms with E-state index in [4.69, 9.17) is 33.3 Å². The third-order valence-electron chi connectivity index (χ3n) is 5.18. The predicted octanol–water partition coefficient (Wildman–Crippen LogP) is 5.43. The number of thiocarbonyl (C=S) groups is 1. The van der Waals surface area contributed by atoms with Crippen molar-refractivity contribution in [1.29, 1.82) is 0 Å². The molecule has 0 bridgehead atoms. The van der Waals surface area contributed by atoms with Crippen LogP contribution in [-0.2, 0) is 11.4 Å². The Hall–Kier alpha value is -2.57. The number of benzene rings is 2. The lowest BCUT2D eigenvalue weighted by Crippen LogP contribution is -2.47. The van der Waals surface area contributed by atoms with E-state index < -0.39 is 0 Å². The fourth-order valence-corrected chi connectivity index (χ4v) is 4.35. The van der Waals surface area contributed by atoms with Crippen molar-refractivity contribution in [3.63, 3.8) is 0 Å². The first kappa shape index (κ1) is 23.1. The van der Waals surface area contributed by atoms with Gasteiger partial charge in [0.2, 0.25) is 0 Å². The molecule has 0 fully saturated rings. The minimum Gasteiger partial charge on any atom is -0.490 e. The van der Waals surface area contributed by atoms with Gasteiger partial charge in [-0.1, -0.05) is 29.8 Å². The molecule has 5 nitrogen and oxygen atoms in total. The average Bonchev–Trinajstić information content (AvgIpc) is 2.72. The van der Waals surface area contributed by atoms with E-state index in [1.54, 1.807) is 6.92 Å². The Morgan fingerprint density at radius 2 is 1.94 bits per heavy atom. The summed E-state index contributed by atoms with van der Waals surface area (Å²) in [5, 5.41) is 4.59. The van der Waals surface area contributed by atoms with Gasteiger partial charge in [-0.2, -0.15) is 0 Å². The molecule has 164 valence electrons. The predicted molar refractivity (Wildman–Crippen MR) is 128 cm³/mol. The SMILES string of the molecule is CCOc1cc(C2NC(=S)N(CC)C(C)=C2C(C)=O)ccc1OCc1cccc(Cl)c1. The first-order valence-corrected chi connectivity index (χ1v) is 11.1. The van der Waals surface area contributed by atoms with Gasteiger partial charge in [-0.25, -0.2) is 0 Å². The van der Waals surface area contributed by atoms with Crippen LogP contribution in [0.5, 0.6) is 11.5 Å². The van der Waals surface area contributed by atoms with E-state index in [1.807, 2.05) is 68.1 Å². The monoisotopic (exact) mass is 458 g/mol. The molecular weight excluding hydrogens is 432 g/mol. The second-order valence-corrected chi connectivity index (χ2v) is 8.06. The number of Topliss-reactive ketones (excluding diaryl/α,β-unsaturated/α-hetero) is 1. The van der Waals surface area contributed by atoms with Crippen LogP contribution < -0.4 is 14.8 Å². The molecule has 1 aliphatic rings. The lowest BCUT2D eigenvalue weighted by atomic mass is 9.92. The number of halogens is 1. The van der Waals surface area contributed by atoms with Gasteiger partial charge in [0.1, 0.15) is 6.61 Å². The molecule has 0 saturated heterocycles. The van der Waals surface area contributed by atoms with Gasteiger partial charge in [0.15, 0.2) is 22.4 Å². The van der Waals surface area contributed by atoms with Crippen LogP contribution in [0.1, 0.15) is 44.9 Å². The highest BCUT2D eigenvalue weighted by atomic mass is 35.5. The molecule has 0 radical (unpaired) electrons. The van der Waals surface area contributed by atoms with Crippen LogP contribution >= 0.6 is 23.8 Å². The van der Waals surface area contributed by atoms with Crippen molar-refractivity contribution in [3.8, 4) is 11.5 Å². The van der Waals surface area contributed by atoms with Crippen molar-refractivity contribution in [2.75, 3.05) is 13.2 Å². The Kier molecular flexibility index (Phi) is 7.57. The summed E-state index contributed by atoms with van der Waals surface area (Å²) in [5.41, 5.74) is 3.44. The fourth-order valence-electron chi connectivity index (χ4n) is 3.75. The maximum Gasteiger partial charge on any atom is 0.173 e. The second kappa shape index (κ2) is 10.2. The van der Waals surface area contributed by atoms with E-state index in [-0.39, 0.29) is 11.8 Å². The Bertz CT molecular complexity index is 1020. The van der Waals surface area contributed by atoms with E-state index in [1.165, 1.54) is 0 Å². The number of ketones is 1. The molecule has 0 aliphatic carbocycles. The Labute approximate surface area is 194 Å². The molecule has 0 saturated carbocycles. The summed E-state index contributed by atoms with van der Waals surface area (Å²) in [7, 11) is 0. The van der Waals surface area contributed by atoms with Crippen molar-refractivity contribution in [1.82, 2.24) is 10.2 Å². The zero-order chi connectivity index (χ0) is 22.5. The molecule has 31 heavy (non-hydrogen) atoms. The Morgan fingerprint density at radius 3 is 2.58 bits per heavy atom. The summed E-state index contributed by atoms with van der Waals surface area (Å²) in [6.45, 7) is 9.01. The highest BCUT2D eigenvalue weighted by Gasteiger charge is 2.32. The van der Waals surface area contributed by atoms with Gasteiger partial charge < -0.3 is 19.7 Å². The Balaban J connectivity index is 1.93. The molecule has 1 heterocycles. The second-order valence-electron chi connectivity index (χ2n) is 7.24. The van der Waals surface area contributed by atoms with Crippen molar-refractivity contribution in [2.45, 2.75) is 40.3 Å². The average molecular weight is 459 g/mol. The number of hydrogen-bond donors (Lipinski definition) is 1. The molecule has 2 aromatic rings. The highest BCUT2D eigenvalue weighted by molar-refractivity contribution is 7.80. The van der Waals surface area contributed by atoms with Crippen molar-refractivity contribution >= 4 is 34.7 Å². The first-order chi connectivity index (χ1) is 14.8. The number of rotatable bonds is 8. The number of carbonyl (C=O) groups is 1. The van der Waals surface area contributed by atoms with Gasteiger partial charge >= 0.3 is 0 Å². The fraction of sp³-hybridized carbons (Fsp3) is 0.333. The van der Waals surface area contributed by atoms with Gasteiger partial charge in [0, 0.05) is 22.8 Å². The molecular formula is C24H27ClN2O3S. The van der Waals surface area contributed by atoms with Crippen LogP contribution in [0.2, 0.25) is 5.02 Å². The molecule has 0 amide bonds. The molecule has 0 aromatic heterocycles. The van der Waals surface area contributed by atoms with E-state index in [2.05, 4.69) is 5.32 Å². The number of ether oxygens (including phenoxy) is 2. The lowest BCUT2D eigenvalue weighted by molar-refractivity contribution is -0.114. The van der Waals surface area contributed by atoms with Crippen LogP contribution in [0.15, 0.2) is 53.7 Å². The standard InChI is InChI=1S/C24H27ClN2O3S/c1-5-27-15(3)22(16(4)28)23(26-24(27)31)18-10-11-20(21(13-18)29-6-2)30-14-17-8-7-9-19(25)12-17/h7-13,23H,5-6,14H2,1-4H3,(H,26,31). The minimum atomic E-state index is -0.339. The summed E-state index contributed by atoms with van der Waals surface area (Å²) in [6, 6.07) is 12.9. The van der Waals surface area contributed by atoms with Crippen molar-refractivity contribution in [2.24, 2.45) is 0 Å². The quantitative estimate of drug-likeness (QED) is 0.532. The normalized spacial score (nSPS) is 16.2. The van der Waals surface area contributed by atoms with E-state index >= 15 is 0 Å². The summed E-state index contributed by atoms with van der Waals surface area (Å²) in [6.07, 6.45) is 0. The number of hydrogen-bond acceptors (Lipinski definition) is 4. The maximum absolute atomic E-state index is 12.5. The largest absolute Gasteiger partial charge is 0.490 e. The minimum absolute atomic E-state index is 0.00944. The third kappa shape index (κ3) is 5.20. The van der Waals surface area contributed by atoms with Gasteiger partial charge in [-0.3, -0.25) is 4.79 Å². The molecule has 1 N–H and O–H groups in total. The van der Waals surface area contributed by atoms with E-state index in [0.717, 1.165) is 16.8 Å². The molecule has 7 heteroatoms. The van der Waals surface area contributed by atoms with Gasteiger partial charge in [0.25, 0.3) is 0 Å². The van der Waals surface area contributed by atoms with Crippen LogP contribution in [-0.4, -0.2) is 28.9 Å². The molecule has 0 spiro atoms. The molecule has 3 rings (SSSR count). The maximum atomic E-state index is 12.5. The zero-order valence-electron chi connectivity index (χ0n) is 18.2. The number of carbonyl (C=O) groups excluding carboxylic acids is 1. The van der Waals surface area contributed by atoms with Gasteiger partial charge in [0.05, 0.1) is 12.6 Å². The van der Waals surface area contributed by atoms with Gasteiger partial charge in [-0.05, 0) is 75.3 Å². The topological polar surface area (TPSA) is 50.8 Å². The zero-order valence-corrected chi connectivity index (χ0v) is 19.8. The number of nitrogens with one attached hydrogen (secondary N) is 1. The molecule has 1 aliphatic heterocycles. The number of nitrogens with zero attached hydrogens (tertiary/aromatic N) is 1. The van der Waals surface area contributed by atoms with E-state index in [9.17, 15) is 4.79 Å². The summed E-state index contributed by atoms with van der Waals surface area (Å²) in [5.74, 6) is 1.26. The van der Waals surface area contributed by atoms with Crippen LogP contribution in [0.4, 0.5) is 0 Å². The summed E-state index contributed by atoms with van der Waals surface area (Å²) < 4.78 is 11.9. The molecule has 1 atom stereocenters. The molecule has 1 unspecified atom stereocenters. The first-order valence-electron chi connectivity index (χ1n) is 10.3. The van der Waals surface area contributed by atoms with Crippen LogP contribution in [0.25, 0.3) is 0 Å². The van der Waals surface area contributed by atoms with E-state index in [0.29, 0.717) is 47.0 Å². The third-order valence-corrected chi connectivity index (χ3v) is 5.75. The van der Waals surface area contributed by atoms with Crippen LogP contribution in [0.3, 0.4) is 0 Å². The molecule has 2 aromatic carbocycles. The van der Waals surface area contributed by atoms with Gasteiger partial charge in [-0.15, -0.1) is 0 Å². The Morgan fingerprint density at radius 1 is 1.16 bits per heavy atom. The smallest absolute Gasteiger partial charge is 0.173 e. The van der Waals surface area contributed by atoms with Crippen LogP contribution in [0, 0.1) is 0 Å². The van der Waals surface area contributed by atoms with Crippen molar-refractivity contribution in [3.05, 3.63) is 69.9 Å².